The molecule has 0 bridgehead atoms. The molecular weight excluding hydrogens is 474 g/mol. The summed E-state index contributed by atoms with van der Waals surface area (Å²) >= 11 is 0. The number of hydrogen-bond acceptors (Lipinski definition) is 7. The van der Waals surface area contributed by atoms with Gasteiger partial charge in [0.15, 0.2) is 0 Å². The van der Waals surface area contributed by atoms with Crippen LogP contribution in [0.1, 0.15) is 23.5 Å². The normalized spacial score (nSPS) is 15.0. The number of phenolic OH excluding ortho intramolecular Hbond substituents is 1. The van der Waals surface area contributed by atoms with Crippen molar-refractivity contribution in [2.75, 3.05) is 7.11 Å². The summed E-state index contributed by atoms with van der Waals surface area (Å²) in [6.07, 6.45) is 1.28. The fourth-order valence-electron chi connectivity index (χ4n) is 5.01. The Morgan fingerprint density at radius 3 is 2.54 bits per heavy atom. The maximum atomic E-state index is 13.5. The first-order valence-corrected chi connectivity index (χ1v) is 11.6. The first-order valence-electron chi connectivity index (χ1n) is 11.6. The van der Waals surface area contributed by atoms with E-state index in [1.807, 2.05) is 6.07 Å². The lowest BCUT2D eigenvalue weighted by molar-refractivity contribution is -0.135. The van der Waals surface area contributed by atoms with Crippen molar-refractivity contribution in [3.63, 3.8) is 0 Å². The predicted molar refractivity (Wildman–Crippen MR) is 137 cm³/mol. The van der Waals surface area contributed by atoms with Crippen molar-refractivity contribution in [1.82, 2.24) is 4.57 Å². The van der Waals surface area contributed by atoms with Crippen LogP contribution in [0.2, 0.25) is 0 Å². The number of carbonyl (C=O) groups excluding carboxylic acids is 1. The number of aryl methyl sites for hydroxylation is 1. The average molecular weight is 495 g/mol. The van der Waals surface area contributed by atoms with Crippen LogP contribution in [0.15, 0.2) is 80.9 Å². The van der Waals surface area contributed by atoms with E-state index in [-0.39, 0.29) is 34.5 Å². The molecule has 5 aromatic rings. The highest BCUT2D eigenvalue weighted by Gasteiger charge is 2.34. The quantitative estimate of drug-likeness (QED) is 0.291. The molecule has 0 unspecified atom stereocenters. The molecule has 3 aromatic carbocycles. The number of carbonyl (C=O) groups is 1. The minimum atomic E-state index is -0.673. The van der Waals surface area contributed by atoms with Crippen LogP contribution in [0.3, 0.4) is 0 Å². The second-order valence-corrected chi connectivity index (χ2v) is 9.00. The molecule has 0 saturated heterocycles. The zero-order valence-corrected chi connectivity index (χ0v) is 20.0. The number of fused-ring (bicyclic) bond motifs is 4. The summed E-state index contributed by atoms with van der Waals surface area (Å²) in [5, 5.41) is 10.7. The maximum absolute atomic E-state index is 13.5. The van der Waals surface area contributed by atoms with Crippen molar-refractivity contribution >= 4 is 27.8 Å². The SMILES string of the molecule is COc1ccc2cc([C@@H]3CC(=O)Oc4ccc5c(=O)c(-c6ccc(O)cc6)coc5c43)c(=O)n(C)c2c1. The lowest BCUT2D eigenvalue weighted by Crippen LogP contribution is -2.29. The zero-order valence-electron chi connectivity index (χ0n) is 20.0. The topological polar surface area (TPSA) is 108 Å². The Bertz CT molecular complexity index is 1850. The fourth-order valence-corrected chi connectivity index (χ4v) is 5.01. The summed E-state index contributed by atoms with van der Waals surface area (Å²) in [6, 6.07) is 16.6. The van der Waals surface area contributed by atoms with Gasteiger partial charge >= 0.3 is 5.97 Å². The number of pyridine rings is 1. The van der Waals surface area contributed by atoms with Gasteiger partial charge in [0.05, 0.1) is 30.0 Å². The van der Waals surface area contributed by atoms with Gasteiger partial charge in [0.25, 0.3) is 5.56 Å². The van der Waals surface area contributed by atoms with E-state index in [9.17, 15) is 19.5 Å². The third-order valence-corrected chi connectivity index (χ3v) is 6.90. The molecule has 8 nitrogen and oxygen atoms in total. The summed E-state index contributed by atoms with van der Waals surface area (Å²) in [5.74, 6) is -0.183. The Hall–Kier alpha value is -4.85. The summed E-state index contributed by atoms with van der Waals surface area (Å²) in [4.78, 5) is 39.5. The molecule has 1 aliphatic rings. The molecule has 0 fully saturated rings. The van der Waals surface area contributed by atoms with Gasteiger partial charge in [0, 0.05) is 30.2 Å². The summed E-state index contributed by atoms with van der Waals surface area (Å²) in [6.45, 7) is 0. The van der Waals surface area contributed by atoms with Crippen molar-refractivity contribution in [2.24, 2.45) is 7.05 Å². The van der Waals surface area contributed by atoms with Crippen molar-refractivity contribution < 1.29 is 23.8 Å². The minimum absolute atomic E-state index is 0.0769. The van der Waals surface area contributed by atoms with E-state index in [2.05, 4.69) is 0 Å². The van der Waals surface area contributed by atoms with Crippen LogP contribution < -0.4 is 20.5 Å². The molecule has 0 amide bonds. The van der Waals surface area contributed by atoms with Gasteiger partial charge in [0.1, 0.15) is 29.1 Å². The summed E-state index contributed by atoms with van der Waals surface area (Å²) in [7, 11) is 3.23. The molecule has 0 aliphatic carbocycles. The fraction of sp³-hybridized carbons (Fsp3) is 0.138. The summed E-state index contributed by atoms with van der Waals surface area (Å²) in [5.41, 5.74) is 2.21. The van der Waals surface area contributed by atoms with Gasteiger partial charge in [-0.25, -0.2) is 0 Å². The van der Waals surface area contributed by atoms with Crippen LogP contribution in [0.25, 0.3) is 33.0 Å². The van der Waals surface area contributed by atoms with Crippen LogP contribution in [-0.4, -0.2) is 22.8 Å². The van der Waals surface area contributed by atoms with Gasteiger partial charge in [-0.3, -0.25) is 14.4 Å². The van der Waals surface area contributed by atoms with E-state index in [0.29, 0.717) is 38.9 Å². The van der Waals surface area contributed by atoms with Crippen LogP contribution in [0, 0.1) is 0 Å². The average Bonchev–Trinajstić information content (AvgIpc) is 2.90. The second kappa shape index (κ2) is 8.37. The van der Waals surface area contributed by atoms with E-state index in [0.717, 1.165) is 5.39 Å². The molecule has 0 saturated carbocycles. The molecule has 1 aliphatic heterocycles. The Morgan fingerprint density at radius 2 is 1.78 bits per heavy atom. The highest BCUT2D eigenvalue weighted by molar-refractivity contribution is 5.91. The summed E-state index contributed by atoms with van der Waals surface area (Å²) < 4.78 is 18.3. The number of aromatic nitrogens is 1. The highest BCUT2D eigenvalue weighted by Crippen LogP contribution is 2.42. The van der Waals surface area contributed by atoms with Gasteiger partial charge in [-0.2, -0.15) is 0 Å². The standard InChI is InChI=1S/C29H21NO7/c1-30-23-12-18(35-2)8-5-16(23)11-21(29(30)34)20-13-25(32)37-24-10-9-19-27(33)22(14-36-28(19)26(20)24)15-3-6-17(31)7-4-15/h3-12,14,20,31H,13H2,1-2H3/t20-/m0/s1. The minimum Gasteiger partial charge on any atom is -0.508 e. The molecule has 1 atom stereocenters. The molecule has 3 heterocycles. The van der Waals surface area contributed by atoms with Gasteiger partial charge in [-0.05, 0) is 53.4 Å². The molecule has 184 valence electrons. The van der Waals surface area contributed by atoms with E-state index in [1.165, 1.54) is 23.0 Å². The lowest BCUT2D eigenvalue weighted by atomic mass is 9.85. The van der Waals surface area contributed by atoms with Crippen LogP contribution in [0.5, 0.6) is 17.2 Å². The van der Waals surface area contributed by atoms with Crippen molar-refractivity contribution in [1.29, 1.82) is 0 Å². The molecule has 1 N–H and O–H groups in total. The predicted octanol–water partition coefficient (Wildman–Crippen LogP) is 4.47. The third-order valence-electron chi connectivity index (χ3n) is 6.90. The Kier molecular flexibility index (Phi) is 5.12. The number of methoxy groups -OCH3 is 1. The molecule has 37 heavy (non-hydrogen) atoms. The van der Waals surface area contributed by atoms with E-state index < -0.39 is 11.9 Å². The van der Waals surface area contributed by atoms with Gasteiger partial charge in [-0.1, -0.05) is 12.1 Å². The Balaban J connectivity index is 1.59. The molecule has 0 spiro atoms. The van der Waals surface area contributed by atoms with E-state index >= 15 is 0 Å². The maximum Gasteiger partial charge on any atom is 0.312 e. The first kappa shape index (κ1) is 22.6. The largest absolute Gasteiger partial charge is 0.508 e. The van der Waals surface area contributed by atoms with Crippen molar-refractivity contribution in [3.05, 3.63) is 98.6 Å². The van der Waals surface area contributed by atoms with Crippen LogP contribution >= 0.6 is 0 Å². The first-order chi connectivity index (χ1) is 17.9. The zero-order chi connectivity index (χ0) is 25.8. The second-order valence-electron chi connectivity index (χ2n) is 9.00. The molecule has 0 radical (unpaired) electrons. The van der Waals surface area contributed by atoms with Crippen molar-refractivity contribution in [2.45, 2.75) is 12.3 Å². The van der Waals surface area contributed by atoms with Gasteiger partial charge in [0.2, 0.25) is 5.43 Å². The highest BCUT2D eigenvalue weighted by atomic mass is 16.5. The number of phenols is 1. The van der Waals surface area contributed by atoms with E-state index in [1.54, 1.807) is 56.6 Å². The molecule has 6 rings (SSSR count). The molecular formula is C29H21NO7. The van der Waals surface area contributed by atoms with Gasteiger partial charge < -0.3 is 23.6 Å². The number of nitrogens with zero attached hydrogens (tertiary/aromatic N) is 1. The van der Waals surface area contributed by atoms with Gasteiger partial charge in [-0.15, -0.1) is 0 Å². The van der Waals surface area contributed by atoms with E-state index in [4.69, 9.17) is 13.9 Å². The number of aromatic hydroxyl groups is 1. The third kappa shape index (κ3) is 3.57. The number of hydrogen-bond donors (Lipinski definition) is 1. The van der Waals surface area contributed by atoms with Crippen LogP contribution in [0.4, 0.5) is 0 Å². The number of ether oxygens (including phenoxy) is 2. The number of esters is 1. The number of benzene rings is 3. The van der Waals surface area contributed by atoms with Crippen LogP contribution in [-0.2, 0) is 11.8 Å². The Labute approximate surface area is 209 Å². The smallest absolute Gasteiger partial charge is 0.312 e. The molecule has 2 aromatic heterocycles. The molecule has 8 heteroatoms. The number of rotatable bonds is 3. The Morgan fingerprint density at radius 1 is 1.00 bits per heavy atom. The lowest BCUT2D eigenvalue weighted by Gasteiger charge is -2.25. The monoisotopic (exact) mass is 495 g/mol. The van der Waals surface area contributed by atoms with Crippen molar-refractivity contribution in [3.8, 4) is 28.4 Å².